The van der Waals surface area contributed by atoms with E-state index >= 15 is 0 Å². The van der Waals surface area contributed by atoms with E-state index in [0.717, 1.165) is 0 Å². The fourth-order valence-corrected chi connectivity index (χ4v) is 2.97. The van der Waals surface area contributed by atoms with E-state index < -0.39 is 17.3 Å². The lowest BCUT2D eigenvalue weighted by molar-refractivity contribution is 0.0288. The lowest BCUT2D eigenvalue weighted by Crippen LogP contribution is -2.53. The maximum Gasteiger partial charge on any atom is 0.343 e. The zero-order valence-corrected chi connectivity index (χ0v) is 12.3. The lowest BCUT2D eigenvalue weighted by Gasteiger charge is -2.39. The molecule has 3 heterocycles. The smallest absolute Gasteiger partial charge is 0.343 e. The summed E-state index contributed by atoms with van der Waals surface area (Å²) in [6.07, 6.45) is 2.04. The number of aromatic nitrogens is 1. The topological polar surface area (TPSA) is 95.9 Å². The Morgan fingerprint density at radius 3 is 2.86 bits per heavy atom. The summed E-state index contributed by atoms with van der Waals surface area (Å²) in [6.45, 7) is 0.927. The van der Waals surface area contributed by atoms with Gasteiger partial charge >= 0.3 is 5.97 Å². The van der Waals surface area contributed by atoms with Crippen molar-refractivity contribution in [2.45, 2.75) is 18.5 Å². The van der Waals surface area contributed by atoms with E-state index in [1.54, 1.807) is 4.57 Å². The molecule has 1 aromatic rings. The van der Waals surface area contributed by atoms with Crippen LogP contribution < -0.4 is 15.5 Å². The zero-order valence-electron chi connectivity index (χ0n) is 12.3. The van der Waals surface area contributed by atoms with E-state index in [-0.39, 0.29) is 29.1 Å². The predicted molar refractivity (Wildman–Crippen MR) is 74.3 cm³/mol. The molecule has 118 valence electrons. The van der Waals surface area contributed by atoms with Gasteiger partial charge in [-0.2, -0.15) is 0 Å². The molecule has 3 rings (SSSR count). The molecular formula is C14H16N2O6. The highest BCUT2D eigenvalue weighted by Crippen LogP contribution is 2.30. The van der Waals surface area contributed by atoms with Crippen molar-refractivity contribution in [3.63, 3.8) is 0 Å². The molecule has 1 amide bonds. The molecule has 2 atom stereocenters. The number of carbonyl (C=O) groups excluding carboxylic acids is 2. The summed E-state index contributed by atoms with van der Waals surface area (Å²) in [4.78, 5) is 36.4. The molecule has 0 aliphatic carbocycles. The Hall–Kier alpha value is -2.35. The van der Waals surface area contributed by atoms with E-state index in [1.807, 2.05) is 0 Å². The van der Waals surface area contributed by atoms with Gasteiger partial charge in [0.15, 0.2) is 11.4 Å². The Balaban J connectivity index is 2.24. The Morgan fingerprint density at radius 1 is 1.41 bits per heavy atom. The fourth-order valence-electron chi connectivity index (χ4n) is 2.97. The molecule has 0 radical (unpaired) electrons. The van der Waals surface area contributed by atoms with Gasteiger partial charge in [0.1, 0.15) is 5.56 Å². The third kappa shape index (κ3) is 2.07. The van der Waals surface area contributed by atoms with Crippen molar-refractivity contribution in [1.82, 2.24) is 9.88 Å². The first-order valence-electron chi connectivity index (χ1n) is 6.88. The van der Waals surface area contributed by atoms with E-state index in [0.29, 0.717) is 19.6 Å². The molecule has 2 aliphatic heterocycles. The van der Waals surface area contributed by atoms with Gasteiger partial charge in [0.25, 0.3) is 5.91 Å². The van der Waals surface area contributed by atoms with Crippen LogP contribution in [0.25, 0.3) is 0 Å². The normalized spacial score (nSPS) is 23.1. The van der Waals surface area contributed by atoms with Crippen LogP contribution in [0.4, 0.5) is 0 Å². The number of hydrogen-bond acceptors (Lipinski definition) is 6. The summed E-state index contributed by atoms with van der Waals surface area (Å²) in [6, 6.07) is -0.300. The molecule has 22 heavy (non-hydrogen) atoms. The number of rotatable bonds is 2. The second-order valence-corrected chi connectivity index (χ2v) is 5.16. The third-order valence-electron chi connectivity index (χ3n) is 4.01. The minimum absolute atomic E-state index is 0.0978. The van der Waals surface area contributed by atoms with Gasteiger partial charge in [-0.3, -0.25) is 9.59 Å². The number of pyridine rings is 1. The third-order valence-corrected chi connectivity index (χ3v) is 4.01. The SMILES string of the molecule is COC(=O)c1cn2c(c(OC)c1=O)C(=O)N[C@@H]1COCC[C@@H]12. The second-order valence-electron chi connectivity index (χ2n) is 5.16. The molecular weight excluding hydrogens is 292 g/mol. The first-order chi connectivity index (χ1) is 10.6. The summed E-state index contributed by atoms with van der Waals surface area (Å²) >= 11 is 0. The number of hydrogen-bond donors (Lipinski definition) is 1. The van der Waals surface area contributed by atoms with Crippen molar-refractivity contribution in [3.8, 4) is 5.75 Å². The van der Waals surface area contributed by atoms with Crippen molar-refractivity contribution in [2.75, 3.05) is 27.4 Å². The number of nitrogens with zero attached hydrogens (tertiary/aromatic N) is 1. The number of methoxy groups -OCH3 is 2. The number of esters is 1. The zero-order chi connectivity index (χ0) is 15.9. The summed E-state index contributed by atoms with van der Waals surface area (Å²) < 4.78 is 16.7. The Kier molecular flexibility index (Phi) is 3.61. The molecule has 8 heteroatoms. The minimum Gasteiger partial charge on any atom is -0.491 e. The molecule has 0 aromatic carbocycles. The fraction of sp³-hybridized carbons (Fsp3) is 0.500. The Bertz CT molecular complexity index is 695. The van der Waals surface area contributed by atoms with Gasteiger partial charge in [0.2, 0.25) is 5.43 Å². The van der Waals surface area contributed by atoms with Crippen LogP contribution in [0.3, 0.4) is 0 Å². The van der Waals surface area contributed by atoms with Gasteiger partial charge in [-0.15, -0.1) is 0 Å². The highest BCUT2D eigenvalue weighted by Gasteiger charge is 2.38. The molecule has 0 saturated carbocycles. The molecule has 1 aromatic heterocycles. The number of nitrogens with one attached hydrogen (secondary N) is 1. The van der Waals surface area contributed by atoms with Crippen LogP contribution in [0, 0.1) is 0 Å². The van der Waals surface area contributed by atoms with Crippen LogP contribution in [0.15, 0.2) is 11.0 Å². The van der Waals surface area contributed by atoms with Gasteiger partial charge in [0.05, 0.1) is 32.9 Å². The van der Waals surface area contributed by atoms with E-state index in [4.69, 9.17) is 9.47 Å². The van der Waals surface area contributed by atoms with Gasteiger partial charge in [-0.05, 0) is 6.42 Å². The van der Waals surface area contributed by atoms with Crippen LogP contribution in [0.5, 0.6) is 5.75 Å². The monoisotopic (exact) mass is 308 g/mol. The van der Waals surface area contributed by atoms with Gasteiger partial charge in [0, 0.05) is 12.8 Å². The van der Waals surface area contributed by atoms with Crippen LogP contribution >= 0.6 is 0 Å². The second kappa shape index (κ2) is 5.45. The molecule has 2 aliphatic rings. The summed E-state index contributed by atoms with van der Waals surface area (Å²) in [5.41, 5.74) is -0.674. The highest BCUT2D eigenvalue weighted by atomic mass is 16.5. The predicted octanol–water partition coefficient (Wildman–Crippen LogP) is -0.283. The lowest BCUT2D eigenvalue weighted by atomic mass is 9.98. The van der Waals surface area contributed by atoms with Crippen molar-refractivity contribution in [1.29, 1.82) is 0 Å². The van der Waals surface area contributed by atoms with E-state index in [2.05, 4.69) is 10.1 Å². The highest BCUT2D eigenvalue weighted by molar-refractivity contribution is 5.98. The van der Waals surface area contributed by atoms with Crippen LogP contribution in [-0.4, -0.2) is 49.9 Å². The van der Waals surface area contributed by atoms with Gasteiger partial charge in [-0.25, -0.2) is 4.79 Å². The van der Waals surface area contributed by atoms with Crippen molar-refractivity contribution < 1.29 is 23.8 Å². The maximum absolute atomic E-state index is 12.3. The molecule has 0 spiro atoms. The van der Waals surface area contributed by atoms with Crippen LogP contribution in [-0.2, 0) is 9.47 Å². The number of fused-ring (bicyclic) bond motifs is 3. The number of ether oxygens (including phenoxy) is 3. The molecule has 0 bridgehead atoms. The molecule has 1 saturated heterocycles. The summed E-state index contributed by atoms with van der Waals surface area (Å²) in [5.74, 6) is -1.32. The Labute approximate surface area is 126 Å². The largest absolute Gasteiger partial charge is 0.491 e. The van der Waals surface area contributed by atoms with Crippen molar-refractivity contribution in [2.24, 2.45) is 0 Å². The molecule has 1 N–H and O–H groups in total. The van der Waals surface area contributed by atoms with Crippen LogP contribution in [0.1, 0.15) is 33.3 Å². The summed E-state index contributed by atoms with van der Waals surface area (Å²) in [7, 11) is 2.49. The first-order valence-corrected chi connectivity index (χ1v) is 6.88. The van der Waals surface area contributed by atoms with Gasteiger partial charge < -0.3 is 24.1 Å². The number of carbonyl (C=O) groups is 2. The summed E-state index contributed by atoms with van der Waals surface area (Å²) in [5, 5.41) is 2.82. The Morgan fingerprint density at radius 2 is 2.18 bits per heavy atom. The van der Waals surface area contributed by atoms with Crippen molar-refractivity contribution in [3.05, 3.63) is 27.7 Å². The molecule has 1 fully saturated rings. The first kappa shape index (κ1) is 14.6. The number of amides is 1. The average Bonchev–Trinajstić information content (AvgIpc) is 2.54. The van der Waals surface area contributed by atoms with E-state index in [1.165, 1.54) is 20.4 Å². The maximum atomic E-state index is 12.3. The minimum atomic E-state index is -0.756. The standard InChI is InChI=1S/C14H16N2O6/c1-20-12-10-13(18)15-8-6-22-4-3-9(8)16(10)5-7(11(12)17)14(19)21-2/h5,8-9H,3-4,6H2,1-2H3,(H,15,18)/t8-,9+/m1/s1. The van der Waals surface area contributed by atoms with Crippen LogP contribution in [0.2, 0.25) is 0 Å². The quantitative estimate of drug-likeness (QED) is 0.755. The van der Waals surface area contributed by atoms with Gasteiger partial charge in [-0.1, -0.05) is 0 Å². The van der Waals surface area contributed by atoms with E-state index in [9.17, 15) is 14.4 Å². The average molecular weight is 308 g/mol. The van der Waals surface area contributed by atoms with Crippen molar-refractivity contribution >= 4 is 11.9 Å². The molecule has 8 nitrogen and oxygen atoms in total. The molecule has 0 unspecified atom stereocenters.